The van der Waals surface area contributed by atoms with Gasteiger partial charge >= 0.3 is 6.01 Å². The Morgan fingerprint density at radius 1 is 1.28 bits per heavy atom. The Morgan fingerprint density at radius 2 is 2.00 bits per heavy atom. The van der Waals surface area contributed by atoms with Crippen molar-refractivity contribution in [1.29, 1.82) is 0 Å². The summed E-state index contributed by atoms with van der Waals surface area (Å²) in [7, 11) is 0. The molecule has 1 aromatic carbocycles. The van der Waals surface area contributed by atoms with Gasteiger partial charge in [-0.3, -0.25) is 0 Å². The highest BCUT2D eigenvalue weighted by atomic mass is 79.9. The topological polar surface area (TPSA) is 61.0 Å². The lowest BCUT2D eigenvalue weighted by Gasteiger charge is -2.06. The third kappa shape index (κ3) is 3.24. The zero-order valence-electron chi connectivity index (χ0n) is 9.44. The Balaban J connectivity index is 2.13. The second kappa shape index (κ2) is 5.88. The Morgan fingerprint density at radius 3 is 2.61 bits per heavy atom. The van der Waals surface area contributed by atoms with Crippen molar-refractivity contribution in [3.05, 3.63) is 46.4 Å². The van der Waals surface area contributed by atoms with E-state index in [1.54, 1.807) is 12.4 Å². The van der Waals surface area contributed by atoms with Crippen molar-refractivity contribution in [1.82, 2.24) is 9.97 Å². The number of nitrogens with zero attached hydrogens (tertiary/aromatic N) is 2. The molecule has 0 radical (unpaired) electrons. The van der Waals surface area contributed by atoms with Crippen LogP contribution in [0.3, 0.4) is 0 Å². The van der Waals surface area contributed by atoms with Crippen LogP contribution in [0.15, 0.2) is 35.1 Å². The lowest BCUT2D eigenvalue weighted by atomic mass is 10.2. The van der Waals surface area contributed by atoms with Crippen LogP contribution < -0.4 is 10.5 Å². The van der Waals surface area contributed by atoms with E-state index in [2.05, 4.69) is 25.9 Å². The van der Waals surface area contributed by atoms with E-state index < -0.39 is 0 Å². The smallest absolute Gasteiger partial charge is 0.321 e. The van der Waals surface area contributed by atoms with Gasteiger partial charge in [0.25, 0.3) is 0 Å². The fourth-order valence-electron chi connectivity index (χ4n) is 1.35. The summed E-state index contributed by atoms with van der Waals surface area (Å²) in [6, 6.07) is 4.35. The maximum absolute atomic E-state index is 12.9. The molecular weight excluding hydrogens is 301 g/mol. The first-order chi connectivity index (χ1) is 8.69. The van der Waals surface area contributed by atoms with Crippen molar-refractivity contribution in [2.24, 2.45) is 5.73 Å². The van der Waals surface area contributed by atoms with Crippen LogP contribution in [0.1, 0.15) is 5.56 Å². The zero-order chi connectivity index (χ0) is 13.0. The summed E-state index contributed by atoms with van der Waals surface area (Å²) >= 11 is 3.21. The van der Waals surface area contributed by atoms with Crippen LogP contribution in [0.4, 0.5) is 4.39 Å². The van der Waals surface area contributed by atoms with Gasteiger partial charge < -0.3 is 10.5 Å². The first-order valence-corrected chi connectivity index (χ1v) is 6.12. The van der Waals surface area contributed by atoms with Crippen molar-refractivity contribution < 1.29 is 9.13 Å². The average molecular weight is 312 g/mol. The number of nitrogens with two attached hydrogens (primary N) is 1. The molecule has 0 amide bonds. The van der Waals surface area contributed by atoms with E-state index in [1.165, 1.54) is 18.2 Å². The monoisotopic (exact) mass is 311 g/mol. The standard InChI is InChI=1S/C12H11BrFN3O/c13-10-5-9(14)1-2-11(10)18-12-16-6-8(3-4-15)7-17-12/h1-2,5-7H,3-4,15H2. The number of ether oxygens (including phenoxy) is 1. The van der Waals surface area contributed by atoms with Crippen molar-refractivity contribution in [3.8, 4) is 11.8 Å². The molecule has 1 heterocycles. The van der Waals surface area contributed by atoms with Gasteiger partial charge in [-0.05, 0) is 52.7 Å². The Bertz CT molecular complexity index is 533. The van der Waals surface area contributed by atoms with Crippen molar-refractivity contribution in [3.63, 3.8) is 0 Å². The zero-order valence-corrected chi connectivity index (χ0v) is 11.0. The van der Waals surface area contributed by atoms with Gasteiger partial charge in [0.2, 0.25) is 0 Å². The Kier molecular flexibility index (Phi) is 4.22. The highest BCUT2D eigenvalue weighted by molar-refractivity contribution is 9.10. The SMILES string of the molecule is NCCc1cnc(Oc2ccc(F)cc2Br)nc1. The van der Waals surface area contributed by atoms with Gasteiger partial charge in [0.15, 0.2) is 0 Å². The summed E-state index contributed by atoms with van der Waals surface area (Å²) < 4.78 is 18.8. The van der Waals surface area contributed by atoms with E-state index in [-0.39, 0.29) is 11.8 Å². The van der Waals surface area contributed by atoms with Crippen LogP contribution in [0.5, 0.6) is 11.8 Å². The fraction of sp³-hybridized carbons (Fsp3) is 0.167. The summed E-state index contributed by atoms with van der Waals surface area (Å²) in [6.07, 6.45) is 4.04. The molecule has 0 aliphatic carbocycles. The molecular formula is C12H11BrFN3O. The van der Waals surface area contributed by atoms with Crippen LogP contribution in [0.2, 0.25) is 0 Å². The van der Waals surface area contributed by atoms with Gasteiger partial charge in [0, 0.05) is 12.4 Å². The summed E-state index contributed by atoms with van der Waals surface area (Å²) in [6.45, 7) is 0.549. The molecule has 0 saturated carbocycles. The summed E-state index contributed by atoms with van der Waals surface area (Å²) in [5, 5.41) is 0. The molecule has 2 aromatic rings. The average Bonchev–Trinajstić information content (AvgIpc) is 2.35. The second-order valence-corrected chi connectivity index (χ2v) is 4.44. The van der Waals surface area contributed by atoms with E-state index in [0.29, 0.717) is 16.8 Å². The number of hydrogen-bond donors (Lipinski definition) is 1. The lowest BCUT2D eigenvalue weighted by Crippen LogP contribution is -2.03. The molecule has 0 saturated heterocycles. The van der Waals surface area contributed by atoms with E-state index >= 15 is 0 Å². The third-order valence-corrected chi connectivity index (χ3v) is 2.83. The molecule has 0 atom stereocenters. The van der Waals surface area contributed by atoms with E-state index in [4.69, 9.17) is 10.5 Å². The normalized spacial score (nSPS) is 10.4. The van der Waals surface area contributed by atoms with Crippen molar-refractivity contribution in [2.45, 2.75) is 6.42 Å². The maximum Gasteiger partial charge on any atom is 0.321 e. The summed E-state index contributed by atoms with van der Waals surface area (Å²) in [5.74, 6) is 0.122. The largest absolute Gasteiger partial charge is 0.423 e. The fourth-order valence-corrected chi connectivity index (χ4v) is 1.78. The van der Waals surface area contributed by atoms with Crippen LogP contribution in [0.25, 0.3) is 0 Å². The molecule has 4 nitrogen and oxygen atoms in total. The van der Waals surface area contributed by atoms with Gasteiger partial charge in [0.1, 0.15) is 11.6 Å². The predicted octanol–water partition coefficient (Wildman–Crippen LogP) is 2.67. The summed E-state index contributed by atoms with van der Waals surface area (Å²) in [5.41, 5.74) is 6.37. The first kappa shape index (κ1) is 12.9. The molecule has 0 spiro atoms. The van der Waals surface area contributed by atoms with Gasteiger partial charge in [-0.1, -0.05) is 0 Å². The lowest BCUT2D eigenvalue weighted by molar-refractivity contribution is 0.437. The number of hydrogen-bond acceptors (Lipinski definition) is 4. The van der Waals surface area contributed by atoms with Crippen LogP contribution in [-0.2, 0) is 6.42 Å². The van der Waals surface area contributed by atoms with Gasteiger partial charge in [-0.25, -0.2) is 14.4 Å². The molecule has 0 unspecified atom stereocenters. The molecule has 2 rings (SSSR count). The van der Waals surface area contributed by atoms with Gasteiger partial charge in [0.05, 0.1) is 4.47 Å². The molecule has 94 valence electrons. The highest BCUT2D eigenvalue weighted by Crippen LogP contribution is 2.28. The quantitative estimate of drug-likeness (QED) is 0.943. The highest BCUT2D eigenvalue weighted by Gasteiger charge is 2.06. The molecule has 0 aliphatic rings. The minimum atomic E-state index is -0.339. The van der Waals surface area contributed by atoms with E-state index in [0.717, 1.165) is 12.0 Å². The van der Waals surface area contributed by atoms with Crippen LogP contribution >= 0.6 is 15.9 Å². The van der Waals surface area contributed by atoms with Crippen LogP contribution in [0, 0.1) is 5.82 Å². The molecule has 1 aromatic heterocycles. The minimum Gasteiger partial charge on any atom is -0.423 e. The Labute approximate surface area is 112 Å². The number of aromatic nitrogens is 2. The van der Waals surface area contributed by atoms with Gasteiger partial charge in [-0.2, -0.15) is 0 Å². The van der Waals surface area contributed by atoms with Crippen molar-refractivity contribution in [2.75, 3.05) is 6.54 Å². The molecule has 0 bridgehead atoms. The van der Waals surface area contributed by atoms with E-state index in [1.807, 2.05) is 0 Å². The third-order valence-electron chi connectivity index (χ3n) is 2.21. The number of halogens is 2. The molecule has 2 N–H and O–H groups in total. The predicted molar refractivity (Wildman–Crippen MR) is 69.0 cm³/mol. The second-order valence-electron chi connectivity index (χ2n) is 3.59. The molecule has 6 heteroatoms. The number of rotatable bonds is 4. The first-order valence-electron chi connectivity index (χ1n) is 5.33. The Hall–Kier alpha value is -1.53. The molecule has 18 heavy (non-hydrogen) atoms. The minimum absolute atomic E-state index is 0.211. The number of benzene rings is 1. The summed E-state index contributed by atoms with van der Waals surface area (Å²) in [4.78, 5) is 8.11. The van der Waals surface area contributed by atoms with E-state index in [9.17, 15) is 4.39 Å². The van der Waals surface area contributed by atoms with Gasteiger partial charge in [-0.15, -0.1) is 0 Å². The maximum atomic E-state index is 12.9. The molecule has 0 aliphatic heterocycles. The van der Waals surface area contributed by atoms with Crippen LogP contribution in [-0.4, -0.2) is 16.5 Å². The molecule has 0 fully saturated rings. The van der Waals surface area contributed by atoms with Crippen molar-refractivity contribution >= 4 is 15.9 Å².